The van der Waals surface area contributed by atoms with Gasteiger partial charge in [0.05, 0.1) is 6.10 Å². The van der Waals surface area contributed by atoms with E-state index >= 15 is 0 Å². The molecule has 2 nitrogen and oxygen atoms in total. The Labute approximate surface area is 57.4 Å². The minimum atomic E-state index is 0.425. The van der Waals surface area contributed by atoms with Gasteiger partial charge in [-0.05, 0) is 25.8 Å². The van der Waals surface area contributed by atoms with Crippen LogP contribution in [0, 0.1) is 0 Å². The van der Waals surface area contributed by atoms with E-state index in [1.54, 1.807) is 7.11 Å². The van der Waals surface area contributed by atoms with Crippen molar-refractivity contribution in [1.82, 2.24) is 0 Å². The highest BCUT2D eigenvalue weighted by Crippen LogP contribution is 2.03. The summed E-state index contributed by atoms with van der Waals surface area (Å²) < 4.78 is 5.15. The normalized spacial score (nSPS) is 13.7. The first kappa shape index (κ1) is 8.92. The number of ether oxygens (including phenoxy) is 1. The molecule has 1 unspecified atom stereocenters. The molecule has 0 aliphatic heterocycles. The lowest BCUT2D eigenvalue weighted by Crippen LogP contribution is -2.11. The van der Waals surface area contributed by atoms with E-state index in [2.05, 4.69) is 6.92 Å². The Bertz CT molecular complexity index is 52.9. The van der Waals surface area contributed by atoms with Crippen LogP contribution >= 0.6 is 0 Å². The second kappa shape index (κ2) is 6.05. The molecule has 0 fully saturated rings. The van der Waals surface area contributed by atoms with E-state index in [4.69, 9.17) is 10.5 Å². The maximum Gasteiger partial charge on any atom is 0.0569 e. The van der Waals surface area contributed by atoms with Crippen LogP contribution in [0.5, 0.6) is 0 Å². The van der Waals surface area contributed by atoms with Gasteiger partial charge in [0.25, 0.3) is 0 Å². The van der Waals surface area contributed by atoms with Crippen LogP contribution in [0.3, 0.4) is 0 Å². The summed E-state index contributed by atoms with van der Waals surface area (Å²) in [5, 5.41) is 0. The Morgan fingerprint density at radius 1 is 1.56 bits per heavy atom. The maximum absolute atomic E-state index is 5.33. The topological polar surface area (TPSA) is 35.2 Å². The van der Waals surface area contributed by atoms with Gasteiger partial charge in [0, 0.05) is 7.11 Å². The van der Waals surface area contributed by atoms with Gasteiger partial charge >= 0.3 is 0 Å². The second-order valence-corrected chi connectivity index (χ2v) is 2.20. The number of hydrogen-bond acceptors (Lipinski definition) is 2. The van der Waals surface area contributed by atoms with Crippen LogP contribution in [0.15, 0.2) is 0 Å². The predicted octanol–water partition coefficient (Wildman–Crippen LogP) is 1.15. The van der Waals surface area contributed by atoms with Crippen LogP contribution in [0.2, 0.25) is 0 Å². The molecule has 0 rings (SSSR count). The van der Waals surface area contributed by atoms with Crippen molar-refractivity contribution < 1.29 is 4.74 Å². The van der Waals surface area contributed by atoms with Crippen molar-refractivity contribution in [3.63, 3.8) is 0 Å². The van der Waals surface area contributed by atoms with E-state index in [1.165, 1.54) is 0 Å². The molecular weight excluding hydrogens is 114 g/mol. The maximum atomic E-state index is 5.33. The van der Waals surface area contributed by atoms with Crippen LogP contribution in [0.1, 0.15) is 26.2 Å². The zero-order chi connectivity index (χ0) is 7.11. The molecule has 9 heavy (non-hydrogen) atoms. The third-order valence-corrected chi connectivity index (χ3v) is 1.52. The molecule has 0 amide bonds. The summed E-state index contributed by atoms with van der Waals surface area (Å²) in [5.74, 6) is 0. The second-order valence-electron chi connectivity index (χ2n) is 2.20. The fourth-order valence-electron chi connectivity index (χ4n) is 0.834. The molecule has 56 valence electrons. The summed E-state index contributed by atoms with van der Waals surface area (Å²) >= 11 is 0. The first-order chi connectivity index (χ1) is 4.35. The van der Waals surface area contributed by atoms with Crippen LogP contribution in [-0.2, 0) is 4.74 Å². The molecule has 0 bridgehead atoms. The molecule has 0 saturated heterocycles. The minimum absolute atomic E-state index is 0.425. The van der Waals surface area contributed by atoms with E-state index in [0.29, 0.717) is 6.10 Å². The summed E-state index contributed by atoms with van der Waals surface area (Å²) in [4.78, 5) is 0. The van der Waals surface area contributed by atoms with E-state index in [9.17, 15) is 0 Å². The number of nitrogens with two attached hydrogens (primary N) is 1. The molecule has 0 radical (unpaired) electrons. The molecule has 1 atom stereocenters. The summed E-state index contributed by atoms with van der Waals surface area (Å²) in [7, 11) is 1.75. The fourth-order valence-corrected chi connectivity index (χ4v) is 0.834. The number of methoxy groups -OCH3 is 1. The van der Waals surface area contributed by atoms with Crippen LogP contribution in [0.4, 0.5) is 0 Å². The van der Waals surface area contributed by atoms with Crippen molar-refractivity contribution in [3.8, 4) is 0 Å². The zero-order valence-corrected chi connectivity index (χ0v) is 6.39. The standard InChI is InChI=1S/C7H17NO/c1-3-7(9-2)5-4-6-8/h7H,3-6,8H2,1-2H3. The number of rotatable bonds is 5. The van der Waals surface area contributed by atoms with Crippen molar-refractivity contribution in [3.05, 3.63) is 0 Å². The quantitative estimate of drug-likeness (QED) is 0.607. The lowest BCUT2D eigenvalue weighted by atomic mass is 10.1. The average Bonchev–Trinajstić information content (AvgIpc) is 1.91. The molecule has 0 aromatic heterocycles. The Morgan fingerprint density at radius 2 is 2.22 bits per heavy atom. The molecule has 2 N–H and O–H groups in total. The Kier molecular flexibility index (Phi) is 5.99. The van der Waals surface area contributed by atoms with Crippen LogP contribution in [-0.4, -0.2) is 19.8 Å². The van der Waals surface area contributed by atoms with Gasteiger partial charge < -0.3 is 10.5 Å². The zero-order valence-electron chi connectivity index (χ0n) is 6.39. The largest absolute Gasteiger partial charge is 0.381 e. The molecule has 0 aliphatic carbocycles. The Balaban J connectivity index is 3.09. The van der Waals surface area contributed by atoms with E-state index in [1.807, 2.05) is 0 Å². The van der Waals surface area contributed by atoms with Crippen molar-refractivity contribution >= 4 is 0 Å². The van der Waals surface area contributed by atoms with Gasteiger partial charge in [-0.3, -0.25) is 0 Å². The first-order valence-corrected chi connectivity index (χ1v) is 3.58. The lowest BCUT2D eigenvalue weighted by Gasteiger charge is -2.10. The van der Waals surface area contributed by atoms with Gasteiger partial charge in [-0.15, -0.1) is 0 Å². The van der Waals surface area contributed by atoms with Gasteiger partial charge in [-0.25, -0.2) is 0 Å². The molecule has 0 saturated carbocycles. The fraction of sp³-hybridized carbons (Fsp3) is 1.00. The summed E-state index contributed by atoms with van der Waals surface area (Å²) in [6.07, 6.45) is 3.69. The first-order valence-electron chi connectivity index (χ1n) is 3.58. The molecular formula is C7H17NO. The number of hydrogen-bond donors (Lipinski definition) is 1. The van der Waals surface area contributed by atoms with E-state index in [-0.39, 0.29) is 0 Å². The highest BCUT2D eigenvalue weighted by Gasteiger charge is 2.00. The highest BCUT2D eigenvalue weighted by atomic mass is 16.5. The lowest BCUT2D eigenvalue weighted by molar-refractivity contribution is 0.0909. The van der Waals surface area contributed by atoms with Gasteiger partial charge in [0.1, 0.15) is 0 Å². The predicted molar refractivity (Wildman–Crippen MR) is 39.4 cm³/mol. The molecule has 0 aliphatic rings. The third-order valence-electron chi connectivity index (χ3n) is 1.52. The van der Waals surface area contributed by atoms with Crippen LogP contribution in [0.25, 0.3) is 0 Å². The highest BCUT2D eigenvalue weighted by molar-refractivity contribution is 4.54. The van der Waals surface area contributed by atoms with Crippen molar-refractivity contribution in [1.29, 1.82) is 0 Å². The molecule has 0 heterocycles. The molecule has 0 spiro atoms. The van der Waals surface area contributed by atoms with Crippen molar-refractivity contribution in [2.75, 3.05) is 13.7 Å². The summed E-state index contributed by atoms with van der Waals surface area (Å²) in [5.41, 5.74) is 5.33. The molecule has 0 aromatic rings. The Morgan fingerprint density at radius 3 is 2.56 bits per heavy atom. The SMILES string of the molecule is CCC(CCCN)OC. The monoisotopic (exact) mass is 131 g/mol. The summed E-state index contributed by atoms with van der Waals surface area (Å²) in [6, 6.07) is 0. The van der Waals surface area contributed by atoms with Crippen molar-refractivity contribution in [2.24, 2.45) is 5.73 Å². The average molecular weight is 131 g/mol. The summed E-state index contributed by atoms with van der Waals surface area (Å²) in [6.45, 7) is 2.91. The van der Waals surface area contributed by atoms with Crippen molar-refractivity contribution in [2.45, 2.75) is 32.3 Å². The Hall–Kier alpha value is -0.0800. The third kappa shape index (κ3) is 4.43. The van der Waals surface area contributed by atoms with E-state index < -0.39 is 0 Å². The van der Waals surface area contributed by atoms with Gasteiger partial charge in [0.15, 0.2) is 0 Å². The van der Waals surface area contributed by atoms with Crippen LogP contribution < -0.4 is 5.73 Å². The van der Waals surface area contributed by atoms with Gasteiger partial charge in [-0.2, -0.15) is 0 Å². The van der Waals surface area contributed by atoms with E-state index in [0.717, 1.165) is 25.8 Å². The molecule has 2 heteroatoms. The molecule has 0 aromatic carbocycles. The van der Waals surface area contributed by atoms with Gasteiger partial charge in [-0.1, -0.05) is 6.92 Å². The minimum Gasteiger partial charge on any atom is -0.381 e. The smallest absolute Gasteiger partial charge is 0.0569 e. The van der Waals surface area contributed by atoms with Gasteiger partial charge in [0.2, 0.25) is 0 Å².